The summed E-state index contributed by atoms with van der Waals surface area (Å²) in [5.74, 6) is -0.172. The molecule has 0 atom stereocenters. The Morgan fingerprint density at radius 3 is 2.48 bits per heavy atom. The van der Waals surface area contributed by atoms with Gasteiger partial charge < -0.3 is 9.80 Å². The topological polar surface area (TPSA) is 66.7 Å². The van der Waals surface area contributed by atoms with Crippen molar-refractivity contribution in [3.8, 4) is 0 Å². The van der Waals surface area contributed by atoms with Crippen molar-refractivity contribution in [1.29, 1.82) is 0 Å². The fraction of sp³-hybridized carbons (Fsp3) is 0.500. The number of hydrogen-bond acceptors (Lipinski definition) is 4. The largest absolute Gasteiger partial charge is 0.337 e. The van der Waals surface area contributed by atoms with Gasteiger partial charge in [-0.05, 0) is 48.6 Å². The van der Waals surface area contributed by atoms with Gasteiger partial charge in [0.2, 0.25) is 0 Å². The Hall–Kier alpha value is -1.47. The average Bonchev–Trinajstić information content (AvgIpc) is 2.42. The third-order valence-corrected chi connectivity index (χ3v) is 3.66. The molecule has 0 fully saturated rings. The third kappa shape index (κ3) is 5.09. The highest BCUT2D eigenvalue weighted by molar-refractivity contribution is 9.10. The lowest BCUT2D eigenvalue weighted by molar-refractivity contribution is -0.385. The molecule has 0 aliphatic rings. The molecule has 0 aliphatic heterocycles. The van der Waals surface area contributed by atoms with Gasteiger partial charge in [0.1, 0.15) is 0 Å². The van der Waals surface area contributed by atoms with Gasteiger partial charge in [0.25, 0.3) is 11.6 Å². The van der Waals surface area contributed by atoms with Gasteiger partial charge in [-0.3, -0.25) is 14.9 Å². The highest BCUT2D eigenvalue weighted by atomic mass is 79.9. The summed E-state index contributed by atoms with van der Waals surface area (Å²) < 4.78 is 0.374. The number of nitro groups is 1. The molecule has 0 spiro atoms. The van der Waals surface area contributed by atoms with Crippen LogP contribution in [0.1, 0.15) is 23.7 Å². The van der Waals surface area contributed by atoms with E-state index >= 15 is 0 Å². The van der Waals surface area contributed by atoms with Crippen LogP contribution in [0.15, 0.2) is 22.7 Å². The second-order valence-corrected chi connectivity index (χ2v) is 5.87. The summed E-state index contributed by atoms with van der Waals surface area (Å²) in [7, 11) is 3.89. The SMILES string of the molecule is CCCN(CCN(C)C)C(=O)c1ccc(Br)c([N+](=O)[O-])c1. The molecule has 0 radical (unpaired) electrons. The predicted molar refractivity (Wildman–Crippen MR) is 85.5 cm³/mol. The van der Waals surface area contributed by atoms with E-state index in [1.807, 2.05) is 25.9 Å². The minimum atomic E-state index is -0.495. The van der Waals surface area contributed by atoms with E-state index in [9.17, 15) is 14.9 Å². The Balaban J connectivity index is 2.97. The van der Waals surface area contributed by atoms with Gasteiger partial charge >= 0.3 is 0 Å². The Labute approximate surface area is 133 Å². The van der Waals surface area contributed by atoms with Crippen LogP contribution in [-0.2, 0) is 0 Å². The standard InChI is InChI=1S/C14H20BrN3O3/c1-4-7-17(9-8-16(2)3)14(19)11-5-6-12(15)13(10-11)18(20)21/h5-6,10H,4,7-9H2,1-3H3. The number of nitrogens with zero attached hydrogens (tertiary/aromatic N) is 3. The minimum absolute atomic E-state index is 0.0927. The van der Waals surface area contributed by atoms with Crippen LogP contribution in [-0.4, -0.2) is 54.4 Å². The third-order valence-electron chi connectivity index (χ3n) is 2.99. The fourth-order valence-electron chi connectivity index (χ4n) is 1.87. The molecular weight excluding hydrogens is 338 g/mol. The molecule has 1 rings (SSSR count). The van der Waals surface area contributed by atoms with Gasteiger partial charge in [-0.2, -0.15) is 0 Å². The van der Waals surface area contributed by atoms with E-state index in [4.69, 9.17) is 0 Å². The first-order valence-corrected chi connectivity index (χ1v) is 7.54. The lowest BCUT2D eigenvalue weighted by Gasteiger charge is -2.24. The average molecular weight is 358 g/mol. The van der Waals surface area contributed by atoms with Crippen molar-refractivity contribution in [3.05, 3.63) is 38.3 Å². The molecule has 1 aromatic rings. The van der Waals surface area contributed by atoms with Gasteiger partial charge in [-0.25, -0.2) is 0 Å². The molecule has 0 N–H and O–H groups in total. The molecule has 7 heteroatoms. The lowest BCUT2D eigenvalue weighted by atomic mass is 10.1. The van der Waals surface area contributed by atoms with Gasteiger partial charge in [-0.1, -0.05) is 6.92 Å². The van der Waals surface area contributed by atoms with Crippen molar-refractivity contribution in [2.45, 2.75) is 13.3 Å². The van der Waals surface area contributed by atoms with Crippen molar-refractivity contribution >= 4 is 27.5 Å². The molecule has 0 bridgehead atoms. The second kappa shape index (κ2) is 8.09. The number of rotatable bonds is 7. The zero-order valence-electron chi connectivity index (χ0n) is 12.5. The summed E-state index contributed by atoms with van der Waals surface area (Å²) in [5.41, 5.74) is 0.252. The number of benzene rings is 1. The molecule has 21 heavy (non-hydrogen) atoms. The molecule has 1 aromatic carbocycles. The maximum atomic E-state index is 12.5. The second-order valence-electron chi connectivity index (χ2n) is 5.02. The highest BCUT2D eigenvalue weighted by Crippen LogP contribution is 2.26. The molecule has 0 saturated heterocycles. The van der Waals surface area contributed by atoms with E-state index in [0.29, 0.717) is 23.1 Å². The summed E-state index contributed by atoms with van der Waals surface area (Å²) in [6.45, 7) is 3.99. The Morgan fingerprint density at radius 1 is 1.29 bits per heavy atom. The lowest BCUT2D eigenvalue weighted by Crippen LogP contribution is -2.37. The Kier molecular flexibility index (Phi) is 6.77. The van der Waals surface area contributed by atoms with Crippen LogP contribution >= 0.6 is 15.9 Å². The molecule has 116 valence electrons. The van der Waals surface area contributed by atoms with E-state index in [-0.39, 0.29) is 11.6 Å². The molecule has 0 aliphatic carbocycles. The summed E-state index contributed by atoms with van der Waals surface area (Å²) in [5, 5.41) is 11.0. The van der Waals surface area contributed by atoms with Crippen LogP contribution in [0.25, 0.3) is 0 Å². The van der Waals surface area contributed by atoms with Crippen LogP contribution in [0.5, 0.6) is 0 Å². The first-order chi connectivity index (χ1) is 9.86. The van der Waals surface area contributed by atoms with Crippen LogP contribution in [0.4, 0.5) is 5.69 Å². The number of carbonyl (C=O) groups is 1. The molecule has 1 amide bonds. The van der Waals surface area contributed by atoms with Crippen molar-refractivity contribution in [2.24, 2.45) is 0 Å². The van der Waals surface area contributed by atoms with Crippen molar-refractivity contribution in [1.82, 2.24) is 9.80 Å². The van der Waals surface area contributed by atoms with Crippen LogP contribution in [0.3, 0.4) is 0 Å². The Morgan fingerprint density at radius 2 is 1.95 bits per heavy atom. The van der Waals surface area contributed by atoms with Crippen LogP contribution in [0.2, 0.25) is 0 Å². The number of halogens is 1. The monoisotopic (exact) mass is 357 g/mol. The van der Waals surface area contributed by atoms with Crippen molar-refractivity contribution in [2.75, 3.05) is 33.7 Å². The first kappa shape index (κ1) is 17.6. The maximum absolute atomic E-state index is 12.5. The number of likely N-dealkylation sites (N-methyl/N-ethyl adjacent to an activating group) is 1. The molecule has 0 aromatic heterocycles. The molecular formula is C14H20BrN3O3. The van der Waals surface area contributed by atoms with Gasteiger partial charge in [-0.15, -0.1) is 0 Å². The number of nitro benzene ring substituents is 1. The summed E-state index contributed by atoms with van der Waals surface area (Å²) in [4.78, 5) is 26.7. The van der Waals surface area contributed by atoms with Gasteiger partial charge in [0, 0.05) is 31.3 Å². The molecule has 6 nitrogen and oxygen atoms in total. The summed E-state index contributed by atoms with van der Waals surface area (Å²) >= 11 is 3.12. The molecule has 0 heterocycles. The molecule has 0 saturated carbocycles. The normalized spacial score (nSPS) is 10.7. The van der Waals surface area contributed by atoms with E-state index in [1.165, 1.54) is 6.07 Å². The summed E-state index contributed by atoms with van der Waals surface area (Å²) in [6, 6.07) is 4.48. The number of hydrogen-bond donors (Lipinski definition) is 0. The number of amides is 1. The highest BCUT2D eigenvalue weighted by Gasteiger charge is 2.20. The quantitative estimate of drug-likeness (QED) is 0.555. The van der Waals surface area contributed by atoms with E-state index in [1.54, 1.807) is 17.0 Å². The summed E-state index contributed by atoms with van der Waals surface area (Å²) in [6.07, 6.45) is 0.845. The first-order valence-electron chi connectivity index (χ1n) is 6.74. The van der Waals surface area contributed by atoms with E-state index < -0.39 is 4.92 Å². The van der Waals surface area contributed by atoms with Gasteiger partial charge in [0.15, 0.2) is 0 Å². The van der Waals surface area contributed by atoms with Gasteiger partial charge in [0.05, 0.1) is 9.40 Å². The van der Waals surface area contributed by atoms with E-state index in [0.717, 1.165) is 13.0 Å². The van der Waals surface area contributed by atoms with E-state index in [2.05, 4.69) is 15.9 Å². The zero-order chi connectivity index (χ0) is 16.0. The predicted octanol–water partition coefficient (Wildman–Crippen LogP) is 2.77. The van der Waals surface area contributed by atoms with Crippen molar-refractivity contribution in [3.63, 3.8) is 0 Å². The zero-order valence-corrected chi connectivity index (χ0v) is 14.1. The fourth-order valence-corrected chi connectivity index (χ4v) is 2.27. The smallest absolute Gasteiger partial charge is 0.284 e. The molecule has 0 unspecified atom stereocenters. The maximum Gasteiger partial charge on any atom is 0.284 e. The minimum Gasteiger partial charge on any atom is -0.337 e. The van der Waals surface area contributed by atoms with Crippen LogP contribution in [0, 0.1) is 10.1 Å². The Bertz CT molecular complexity index is 520. The van der Waals surface area contributed by atoms with Crippen LogP contribution < -0.4 is 0 Å². The number of carbonyl (C=O) groups excluding carboxylic acids is 1. The van der Waals surface area contributed by atoms with Crippen molar-refractivity contribution < 1.29 is 9.72 Å².